The fraction of sp³-hybridized carbons (Fsp3) is 0.115. The molecule has 2 heterocycles. The molecule has 0 aliphatic rings. The van der Waals surface area contributed by atoms with E-state index in [9.17, 15) is 0 Å². The Labute approximate surface area is 165 Å². The highest BCUT2D eigenvalue weighted by atomic mass is 14.9. The lowest BCUT2D eigenvalue weighted by Crippen LogP contribution is -2.30. The van der Waals surface area contributed by atoms with E-state index >= 15 is 0 Å². The van der Waals surface area contributed by atoms with Crippen molar-refractivity contribution in [3.05, 3.63) is 90.6 Å². The SMILES string of the molecule is Cc1ccccc1-c1cc(-c2ccc3c(c2)c2ccccc2n3C)cc[n+]1C. The maximum atomic E-state index is 2.33. The largest absolute Gasteiger partial charge is 0.344 e. The van der Waals surface area contributed by atoms with Gasteiger partial charge in [0.25, 0.3) is 0 Å². The van der Waals surface area contributed by atoms with Crippen molar-refractivity contribution in [3.63, 3.8) is 0 Å². The molecular weight excluding hydrogens is 340 g/mol. The molecule has 28 heavy (non-hydrogen) atoms. The summed E-state index contributed by atoms with van der Waals surface area (Å²) in [6.45, 7) is 2.17. The second kappa shape index (κ2) is 6.35. The van der Waals surface area contributed by atoms with Gasteiger partial charge in [0.1, 0.15) is 7.05 Å². The molecule has 3 aromatic carbocycles. The lowest BCUT2D eigenvalue weighted by atomic mass is 9.99. The number of para-hydroxylation sites is 1. The summed E-state index contributed by atoms with van der Waals surface area (Å²) in [5, 5.41) is 2.61. The zero-order valence-electron chi connectivity index (χ0n) is 16.5. The average Bonchev–Trinajstić information content (AvgIpc) is 3.01. The molecule has 0 fully saturated rings. The third-order valence-corrected chi connectivity index (χ3v) is 5.82. The number of fused-ring (bicyclic) bond motifs is 3. The molecule has 0 saturated carbocycles. The van der Waals surface area contributed by atoms with Crippen LogP contribution in [-0.4, -0.2) is 4.57 Å². The fourth-order valence-corrected chi connectivity index (χ4v) is 4.22. The number of pyridine rings is 1. The molecular formula is C26H23N2+. The molecule has 0 spiro atoms. The van der Waals surface area contributed by atoms with E-state index in [-0.39, 0.29) is 0 Å². The summed E-state index contributed by atoms with van der Waals surface area (Å²) >= 11 is 0. The van der Waals surface area contributed by atoms with Gasteiger partial charge in [0.15, 0.2) is 6.20 Å². The number of hydrogen-bond donors (Lipinski definition) is 0. The minimum absolute atomic E-state index is 1.23. The Morgan fingerprint density at radius 1 is 0.714 bits per heavy atom. The smallest absolute Gasteiger partial charge is 0.213 e. The van der Waals surface area contributed by atoms with Crippen molar-refractivity contribution in [2.24, 2.45) is 14.1 Å². The molecule has 2 aromatic heterocycles. The van der Waals surface area contributed by atoms with E-state index in [4.69, 9.17) is 0 Å². The van der Waals surface area contributed by atoms with E-state index in [0.29, 0.717) is 0 Å². The van der Waals surface area contributed by atoms with Gasteiger partial charge in [-0.3, -0.25) is 0 Å². The summed E-state index contributed by atoms with van der Waals surface area (Å²) in [4.78, 5) is 0. The molecule has 0 N–H and O–H groups in total. The van der Waals surface area contributed by atoms with Crippen molar-refractivity contribution in [3.8, 4) is 22.4 Å². The lowest BCUT2D eigenvalue weighted by Gasteiger charge is -2.07. The van der Waals surface area contributed by atoms with Crippen LogP contribution in [0.1, 0.15) is 5.56 Å². The highest BCUT2D eigenvalue weighted by Gasteiger charge is 2.15. The van der Waals surface area contributed by atoms with Crippen LogP contribution < -0.4 is 4.57 Å². The van der Waals surface area contributed by atoms with Crippen LogP contribution in [0.4, 0.5) is 0 Å². The Balaban J connectivity index is 1.72. The van der Waals surface area contributed by atoms with Gasteiger partial charge in [-0.1, -0.05) is 42.5 Å². The Morgan fingerprint density at radius 3 is 2.29 bits per heavy atom. The molecule has 0 aliphatic carbocycles. The first-order chi connectivity index (χ1) is 13.6. The Kier molecular flexibility index (Phi) is 3.80. The predicted molar refractivity (Wildman–Crippen MR) is 117 cm³/mol. The van der Waals surface area contributed by atoms with E-state index in [0.717, 1.165) is 0 Å². The quantitative estimate of drug-likeness (QED) is 0.351. The van der Waals surface area contributed by atoms with E-state index < -0.39 is 0 Å². The van der Waals surface area contributed by atoms with Gasteiger partial charge in [0.05, 0.1) is 0 Å². The predicted octanol–water partition coefficient (Wildman–Crippen LogP) is 5.80. The van der Waals surface area contributed by atoms with Crippen molar-refractivity contribution in [1.82, 2.24) is 4.57 Å². The van der Waals surface area contributed by atoms with Crippen molar-refractivity contribution in [2.75, 3.05) is 0 Å². The maximum absolute atomic E-state index is 2.33. The number of aryl methyl sites for hydroxylation is 3. The standard InChI is InChI=1S/C26H23N2/c1-18-8-4-5-9-21(18)26-17-20(14-15-27(26)2)19-12-13-25-23(16-19)22-10-6-7-11-24(22)28(25)3/h4-17H,1-3H3/q+1. The minimum Gasteiger partial charge on any atom is -0.344 e. The number of benzene rings is 3. The molecule has 5 aromatic rings. The van der Waals surface area contributed by atoms with Crippen LogP contribution in [0.25, 0.3) is 44.2 Å². The van der Waals surface area contributed by atoms with Crippen LogP contribution in [0.15, 0.2) is 85.1 Å². The molecule has 2 heteroatoms. The highest BCUT2D eigenvalue weighted by Crippen LogP contribution is 2.32. The first-order valence-corrected chi connectivity index (χ1v) is 9.67. The summed E-state index contributed by atoms with van der Waals surface area (Å²) < 4.78 is 4.47. The minimum atomic E-state index is 1.23. The van der Waals surface area contributed by atoms with Crippen LogP contribution in [0, 0.1) is 6.92 Å². The Hall–Kier alpha value is -3.39. The zero-order chi connectivity index (χ0) is 19.3. The fourth-order valence-electron chi connectivity index (χ4n) is 4.22. The van der Waals surface area contributed by atoms with Gasteiger partial charge in [-0.25, -0.2) is 4.57 Å². The summed E-state index contributed by atoms with van der Waals surface area (Å²) in [7, 11) is 4.25. The van der Waals surface area contributed by atoms with E-state index in [1.807, 2.05) is 0 Å². The first-order valence-electron chi connectivity index (χ1n) is 9.67. The van der Waals surface area contributed by atoms with Crippen LogP contribution >= 0.6 is 0 Å². The summed E-state index contributed by atoms with van der Waals surface area (Å²) in [5.41, 5.74) is 8.83. The zero-order valence-corrected chi connectivity index (χ0v) is 16.5. The monoisotopic (exact) mass is 363 g/mol. The molecule has 0 saturated heterocycles. The topological polar surface area (TPSA) is 8.81 Å². The van der Waals surface area contributed by atoms with Gasteiger partial charge in [-0.05, 0) is 47.9 Å². The van der Waals surface area contributed by atoms with Crippen LogP contribution in [0.3, 0.4) is 0 Å². The number of rotatable bonds is 2. The molecule has 0 aliphatic heterocycles. The number of hydrogen-bond acceptors (Lipinski definition) is 0. The molecule has 136 valence electrons. The molecule has 0 unspecified atom stereocenters. The molecule has 0 atom stereocenters. The van der Waals surface area contributed by atoms with Gasteiger partial charge in [0.2, 0.25) is 5.69 Å². The second-order valence-electron chi connectivity index (χ2n) is 7.53. The van der Waals surface area contributed by atoms with Gasteiger partial charge < -0.3 is 4.57 Å². The van der Waals surface area contributed by atoms with E-state index in [2.05, 4.69) is 115 Å². The van der Waals surface area contributed by atoms with Crippen molar-refractivity contribution in [1.29, 1.82) is 0 Å². The third kappa shape index (κ3) is 2.53. The third-order valence-electron chi connectivity index (χ3n) is 5.82. The molecule has 2 nitrogen and oxygen atoms in total. The molecule has 0 radical (unpaired) electrons. The van der Waals surface area contributed by atoms with Crippen LogP contribution in [0.2, 0.25) is 0 Å². The average molecular weight is 363 g/mol. The highest BCUT2D eigenvalue weighted by molar-refractivity contribution is 6.09. The molecule has 0 amide bonds. The Morgan fingerprint density at radius 2 is 1.43 bits per heavy atom. The van der Waals surface area contributed by atoms with Gasteiger partial charge in [-0.2, -0.15) is 0 Å². The second-order valence-corrected chi connectivity index (χ2v) is 7.53. The van der Waals surface area contributed by atoms with Crippen LogP contribution in [-0.2, 0) is 14.1 Å². The summed E-state index contributed by atoms with van der Waals surface area (Å²) in [6, 6.07) is 28.5. The van der Waals surface area contributed by atoms with Crippen LogP contribution in [0.5, 0.6) is 0 Å². The van der Waals surface area contributed by atoms with Crippen molar-refractivity contribution >= 4 is 21.8 Å². The summed E-state index contributed by atoms with van der Waals surface area (Å²) in [6.07, 6.45) is 2.16. The van der Waals surface area contributed by atoms with E-state index in [1.54, 1.807) is 0 Å². The van der Waals surface area contributed by atoms with Crippen molar-refractivity contribution in [2.45, 2.75) is 6.92 Å². The first kappa shape index (κ1) is 16.8. The number of nitrogens with zero attached hydrogens (tertiary/aromatic N) is 2. The van der Waals surface area contributed by atoms with E-state index in [1.165, 1.54) is 49.8 Å². The lowest BCUT2D eigenvalue weighted by molar-refractivity contribution is -0.660. The Bertz CT molecular complexity index is 1340. The van der Waals surface area contributed by atoms with Crippen molar-refractivity contribution < 1.29 is 4.57 Å². The van der Waals surface area contributed by atoms with Gasteiger partial charge in [-0.15, -0.1) is 0 Å². The normalized spacial score (nSPS) is 11.4. The molecule has 5 rings (SSSR count). The molecule has 0 bridgehead atoms. The van der Waals surface area contributed by atoms with Gasteiger partial charge in [0, 0.05) is 46.5 Å². The van der Waals surface area contributed by atoms with Gasteiger partial charge >= 0.3 is 0 Å². The summed E-state index contributed by atoms with van der Waals surface area (Å²) in [5.74, 6) is 0. The maximum Gasteiger partial charge on any atom is 0.213 e. The number of aromatic nitrogens is 2.